The summed E-state index contributed by atoms with van der Waals surface area (Å²) >= 11 is 0. The van der Waals surface area contributed by atoms with Gasteiger partial charge in [0.1, 0.15) is 0 Å². The Morgan fingerprint density at radius 2 is 2.04 bits per heavy atom. The summed E-state index contributed by atoms with van der Waals surface area (Å²) in [6.45, 7) is 2.40. The van der Waals surface area contributed by atoms with Crippen molar-refractivity contribution in [3.63, 3.8) is 0 Å². The van der Waals surface area contributed by atoms with Crippen LogP contribution in [-0.4, -0.2) is 35.1 Å². The van der Waals surface area contributed by atoms with Gasteiger partial charge < -0.3 is 15.2 Å². The van der Waals surface area contributed by atoms with Crippen molar-refractivity contribution in [2.75, 3.05) is 13.2 Å². The van der Waals surface area contributed by atoms with Gasteiger partial charge in [-0.05, 0) is 31.9 Å². The van der Waals surface area contributed by atoms with Gasteiger partial charge >= 0.3 is 11.7 Å². The maximum absolute atomic E-state index is 12.0. The molecule has 126 valence electrons. The highest BCUT2D eigenvalue weighted by atomic mass is 16.6. The summed E-state index contributed by atoms with van der Waals surface area (Å²) in [5, 5.41) is 22.2. The number of benzene rings is 1. The fourth-order valence-electron chi connectivity index (χ4n) is 1.96. The number of nitrogens with zero attached hydrogens (tertiary/aromatic N) is 1. The molecule has 1 aromatic rings. The Morgan fingerprint density at radius 1 is 1.30 bits per heavy atom. The van der Waals surface area contributed by atoms with E-state index < -0.39 is 16.8 Å². The first-order valence-corrected chi connectivity index (χ1v) is 7.37. The van der Waals surface area contributed by atoms with Crippen molar-refractivity contribution in [2.24, 2.45) is 0 Å². The molecule has 0 spiro atoms. The molecule has 1 aromatic carbocycles. The second kappa shape index (κ2) is 9.39. The molecule has 0 saturated heterocycles. The normalized spacial score (nSPS) is 10.1. The van der Waals surface area contributed by atoms with E-state index in [9.17, 15) is 19.7 Å². The van der Waals surface area contributed by atoms with Crippen molar-refractivity contribution >= 4 is 17.6 Å². The quantitative estimate of drug-likeness (QED) is 0.387. The third kappa shape index (κ3) is 6.33. The minimum atomic E-state index is -0.837. The average molecular weight is 324 g/mol. The number of aliphatic carboxylic acids is 1. The van der Waals surface area contributed by atoms with Crippen LogP contribution >= 0.6 is 0 Å². The number of nitrogens with one attached hydrogen (secondary N) is 1. The lowest BCUT2D eigenvalue weighted by molar-refractivity contribution is -0.385. The zero-order chi connectivity index (χ0) is 17.2. The molecule has 8 nitrogen and oxygen atoms in total. The van der Waals surface area contributed by atoms with Gasteiger partial charge in [-0.2, -0.15) is 0 Å². The van der Waals surface area contributed by atoms with Crippen LogP contribution in [0.3, 0.4) is 0 Å². The molecule has 0 fully saturated rings. The van der Waals surface area contributed by atoms with Crippen LogP contribution < -0.4 is 10.1 Å². The Kier molecular flexibility index (Phi) is 7.52. The van der Waals surface area contributed by atoms with Gasteiger partial charge in [0.05, 0.1) is 11.5 Å². The van der Waals surface area contributed by atoms with Crippen molar-refractivity contribution in [3.8, 4) is 5.75 Å². The molecule has 0 atom stereocenters. The van der Waals surface area contributed by atoms with E-state index in [1.807, 2.05) is 0 Å². The fourth-order valence-corrected chi connectivity index (χ4v) is 1.96. The summed E-state index contributed by atoms with van der Waals surface area (Å²) in [6.07, 6.45) is 2.01. The summed E-state index contributed by atoms with van der Waals surface area (Å²) in [7, 11) is 0. The van der Waals surface area contributed by atoms with Gasteiger partial charge in [0, 0.05) is 24.6 Å². The van der Waals surface area contributed by atoms with Crippen molar-refractivity contribution in [3.05, 3.63) is 33.9 Å². The number of nitro benzene ring substituents is 1. The molecule has 1 rings (SSSR count). The van der Waals surface area contributed by atoms with Crippen LogP contribution in [-0.2, 0) is 4.79 Å². The monoisotopic (exact) mass is 324 g/mol. The maximum Gasteiger partial charge on any atom is 0.311 e. The number of nitro groups is 1. The smallest absolute Gasteiger partial charge is 0.311 e. The second-order valence-corrected chi connectivity index (χ2v) is 4.83. The summed E-state index contributed by atoms with van der Waals surface area (Å²) in [6, 6.07) is 4.06. The van der Waals surface area contributed by atoms with Crippen LogP contribution in [0.5, 0.6) is 5.75 Å². The van der Waals surface area contributed by atoms with E-state index in [0.29, 0.717) is 32.4 Å². The highest BCUT2D eigenvalue weighted by Crippen LogP contribution is 2.27. The van der Waals surface area contributed by atoms with E-state index in [2.05, 4.69) is 5.32 Å². The number of carbonyl (C=O) groups is 2. The molecule has 0 radical (unpaired) electrons. The van der Waals surface area contributed by atoms with E-state index in [1.165, 1.54) is 18.2 Å². The first-order valence-electron chi connectivity index (χ1n) is 7.37. The molecule has 2 N–H and O–H groups in total. The van der Waals surface area contributed by atoms with Crippen LogP contribution in [0, 0.1) is 10.1 Å². The average Bonchev–Trinajstić information content (AvgIpc) is 2.50. The molecule has 23 heavy (non-hydrogen) atoms. The zero-order valence-corrected chi connectivity index (χ0v) is 12.9. The summed E-state index contributed by atoms with van der Waals surface area (Å²) in [4.78, 5) is 32.7. The van der Waals surface area contributed by atoms with Crippen LogP contribution in [0.15, 0.2) is 18.2 Å². The van der Waals surface area contributed by atoms with E-state index in [4.69, 9.17) is 9.84 Å². The predicted molar refractivity (Wildman–Crippen MR) is 82.7 cm³/mol. The summed E-state index contributed by atoms with van der Waals surface area (Å²) in [5.74, 6) is -1.12. The van der Waals surface area contributed by atoms with Crippen LogP contribution in [0.25, 0.3) is 0 Å². The van der Waals surface area contributed by atoms with Gasteiger partial charge in [-0.3, -0.25) is 19.7 Å². The molecule has 0 aromatic heterocycles. The molecule has 8 heteroatoms. The van der Waals surface area contributed by atoms with Crippen LogP contribution in [0.2, 0.25) is 0 Å². The fraction of sp³-hybridized carbons (Fsp3) is 0.467. The van der Waals surface area contributed by atoms with Crippen molar-refractivity contribution in [1.82, 2.24) is 5.32 Å². The van der Waals surface area contributed by atoms with Crippen LogP contribution in [0.1, 0.15) is 43.0 Å². The predicted octanol–water partition coefficient (Wildman–Crippen LogP) is 2.37. The lowest BCUT2D eigenvalue weighted by atomic mass is 10.1. The first kappa shape index (κ1) is 18.4. The Balaban J connectivity index is 2.54. The number of ether oxygens (including phenoxy) is 1. The molecule has 0 unspecified atom stereocenters. The molecular weight excluding hydrogens is 304 g/mol. The maximum atomic E-state index is 12.0. The second-order valence-electron chi connectivity index (χ2n) is 4.83. The Bertz CT molecular complexity index is 573. The van der Waals surface area contributed by atoms with Crippen molar-refractivity contribution < 1.29 is 24.4 Å². The topological polar surface area (TPSA) is 119 Å². The molecule has 0 heterocycles. The zero-order valence-electron chi connectivity index (χ0n) is 12.9. The van der Waals surface area contributed by atoms with Crippen LogP contribution in [0.4, 0.5) is 5.69 Å². The number of carbonyl (C=O) groups excluding carboxylic acids is 1. The van der Waals surface area contributed by atoms with E-state index in [-0.39, 0.29) is 23.4 Å². The number of carboxylic acid groups (broad SMARTS) is 1. The largest absolute Gasteiger partial charge is 0.487 e. The van der Waals surface area contributed by atoms with Gasteiger partial charge in [0.15, 0.2) is 5.75 Å². The minimum absolute atomic E-state index is 0.110. The van der Waals surface area contributed by atoms with Gasteiger partial charge in [-0.1, -0.05) is 6.42 Å². The van der Waals surface area contributed by atoms with Gasteiger partial charge in [0.2, 0.25) is 0 Å². The van der Waals surface area contributed by atoms with Gasteiger partial charge in [-0.25, -0.2) is 0 Å². The molecule has 0 saturated carbocycles. The number of hydrogen-bond donors (Lipinski definition) is 2. The molecule has 0 bridgehead atoms. The molecule has 1 amide bonds. The van der Waals surface area contributed by atoms with Crippen molar-refractivity contribution in [1.29, 1.82) is 0 Å². The first-order chi connectivity index (χ1) is 11.0. The standard InChI is InChI=1S/C15H20N2O6/c1-2-23-13-8-7-11(10-12(13)17(21)22)15(20)16-9-5-3-4-6-14(18)19/h7-8,10H,2-6,9H2,1H3,(H,16,20)(H,18,19). The number of unbranched alkanes of at least 4 members (excludes halogenated alkanes) is 2. The number of amides is 1. The van der Waals surface area contributed by atoms with Crippen molar-refractivity contribution in [2.45, 2.75) is 32.6 Å². The SMILES string of the molecule is CCOc1ccc(C(=O)NCCCCCC(=O)O)cc1[N+](=O)[O-]. The van der Waals surface area contributed by atoms with E-state index >= 15 is 0 Å². The Labute approximate surface area is 133 Å². The molecule has 0 aliphatic carbocycles. The Morgan fingerprint density at radius 3 is 2.65 bits per heavy atom. The van der Waals surface area contributed by atoms with E-state index in [0.717, 1.165) is 0 Å². The third-order valence-corrected chi connectivity index (χ3v) is 3.07. The number of rotatable bonds is 10. The van der Waals surface area contributed by atoms with Gasteiger partial charge in [-0.15, -0.1) is 0 Å². The molecular formula is C15H20N2O6. The summed E-state index contributed by atoms with van der Waals surface area (Å²) < 4.78 is 5.16. The highest BCUT2D eigenvalue weighted by molar-refractivity contribution is 5.95. The lowest BCUT2D eigenvalue weighted by Crippen LogP contribution is -2.24. The minimum Gasteiger partial charge on any atom is -0.487 e. The lowest BCUT2D eigenvalue weighted by Gasteiger charge is -2.07. The van der Waals surface area contributed by atoms with Gasteiger partial charge in [0.25, 0.3) is 5.91 Å². The number of carboxylic acids is 1. The number of hydrogen-bond acceptors (Lipinski definition) is 5. The highest BCUT2D eigenvalue weighted by Gasteiger charge is 2.18. The molecule has 0 aliphatic rings. The van der Waals surface area contributed by atoms with E-state index in [1.54, 1.807) is 6.92 Å². The third-order valence-electron chi connectivity index (χ3n) is 3.07. The Hall–Kier alpha value is -2.64. The summed E-state index contributed by atoms with van der Waals surface area (Å²) in [5.41, 5.74) is -0.0633. The molecule has 0 aliphatic heterocycles.